The van der Waals surface area contributed by atoms with Gasteiger partial charge in [0.1, 0.15) is 12.1 Å². The van der Waals surface area contributed by atoms with Crippen molar-refractivity contribution >= 4 is 11.9 Å². The second-order valence-corrected chi connectivity index (χ2v) is 7.12. The number of hydrogen-bond acceptors (Lipinski definition) is 4. The summed E-state index contributed by atoms with van der Waals surface area (Å²) in [5.41, 5.74) is 0. The fraction of sp³-hybridized carbons (Fsp3) is 0.889. The molecule has 2 atom stereocenters. The van der Waals surface area contributed by atoms with Crippen LogP contribution >= 0.6 is 0 Å². The summed E-state index contributed by atoms with van der Waals surface area (Å²) < 4.78 is 0. The van der Waals surface area contributed by atoms with Gasteiger partial charge < -0.3 is 20.8 Å². The Kier molecular flexibility index (Phi) is 9.95. The van der Waals surface area contributed by atoms with E-state index in [4.69, 9.17) is 10.2 Å². The third-order valence-electron chi connectivity index (χ3n) is 4.92. The number of hydrogen-bond donors (Lipinski definition) is 4. The van der Waals surface area contributed by atoms with Crippen molar-refractivity contribution in [2.75, 3.05) is 0 Å². The summed E-state index contributed by atoms with van der Waals surface area (Å²) in [6.45, 7) is 3.41. The quantitative estimate of drug-likeness (QED) is 0.592. The van der Waals surface area contributed by atoms with E-state index in [-0.39, 0.29) is 0 Å². The van der Waals surface area contributed by atoms with E-state index < -0.39 is 24.0 Å². The lowest BCUT2D eigenvalue weighted by atomic mass is 9.95. The van der Waals surface area contributed by atoms with Gasteiger partial charge in [0.25, 0.3) is 0 Å². The van der Waals surface area contributed by atoms with Crippen molar-refractivity contribution in [2.45, 2.75) is 102 Å². The molecule has 0 bridgehead atoms. The molecule has 0 heterocycles. The Labute approximate surface area is 145 Å². The summed E-state index contributed by atoms with van der Waals surface area (Å²) in [4.78, 5) is 21.0. The molecule has 6 heteroatoms. The van der Waals surface area contributed by atoms with Gasteiger partial charge in [-0.25, -0.2) is 0 Å². The zero-order valence-electron chi connectivity index (χ0n) is 15.1. The minimum atomic E-state index is -0.749. The first-order chi connectivity index (χ1) is 11.4. The maximum Gasteiger partial charge on any atom is 0.320 e. The third-order valence-corrected chi connectivity index (χ3v) is 4.92. The van der Waals surface area contributed by atoms with Gasteiger partial charge in [0.15, 0.2) is 0 Å². The summed E-state index contributed by atoms with van der Waals surface area (Å²) in [7, 11) is 0. The lowest BCUT2D eigenvalue weighted by Gasteiger charge is -2.24. The van der Waals surface area contributed by atoms with Crippen LogP contribution in [0.1, 0.15) is 78.1 Å². The van der Waals surface area contributed by atoms with E-state index >= 15 is 0 Å². The number of carboxylic acids is 2. The lowest BCUT2D eigenvalue weighted by Crippen LogP contribution is -2.42. The molecule has 0 amide bonds. The molecule has 24 heavy (non-hydrogen) atoms. The number of aliphatic carboxylic acids is 2. The summed E-state index contributed by atoms with van der Waals surface area (Å²) in [6.07, 6.45) is 12.1. The van der Waals surface area contributed by atoms with Gasteiger partial charge in [0.2, 0.25) is 0 Å². The van der Waals surface area contributed by atoms with Gasteiger partial charge in [0.05, 0.1) is 0 Å². The Morgan fingerprint density at radius 3 is 1.25 bits per heavy atom. The van der Waals surface area contributed by atoms with Crippen LogP contribution in [0.3, 0.4) is 0 Å². The van der Waals surface area contributed by atoms with E-state index in [0.29, 0.717) is 12.1 Å². The first-order valence-electron chi connectivity index (χ1n) is 9.38. The van der Waals surface area contributed by atoms with Gasteiger partial charge in [-0.3, -0.25) is 9.59 Å². The van der Waals surface area contributed by atoms with Crippen LogP contribution in [0.25, 0.3) is 0 Å². The largest absolute Gasteiger partial charge is 0.480 e. The molecule has 0 saturated heterocycles. The number of carbonyl (C=O) groups is 2. The van der Waals surface area contributed by atoms with Crippen molar-refractivity contribution in [3.8, 4) is 0 Å². The van der Waals surface area contributed by atoms with Crippen LogP contribution in [0, 0.1) is 0 Å². The van der Waals surface area contributed by atoms with Gasteiger partial charge in [-0.05, 0) is 39.5 Å². The average molecular weight is 342 g/mol. The van der Waals surface area contributed by atoms with Gasteiger partial charge in [-0.2, -0.15) is 0 Å². The van der Waals surface area contributed by atoms with Crippen molar-refractivity contribution in [3.63, 3.8) is 0 Å². The molecule has 2 aliphatic rings. The van der Waals surface area contributed by atoms with E-state index in [0.717, 1.165) is 25.7 Å². The monoisotopic (exact) mass is 342 g/mol. The minimum absolute atomic E-state index is 0.395. The molecule has 0 unspecified atom stereocenters. The highest BCUT2D eigenvalue weighted by Gasteiger charge is 2.19. The minimum Gasteiger partial charge on any atom is -0.480 e. The molecular formula is C18H34N2O4. The summed E-state index contributed by atoms with van der Waals surface area (Å²) >= 11 is 0. The van der Waals surface area contributed by atoms with E-state index in [1.807, 2.05) is 0 Å². The highest BCUT2D eigenvalue weighted by Crippen LogP contribution is 2.18. The maximum atomic E-state index is 10.5. The van der Waals surface area contributed by atoms with Crippen LogP contribution in [0.4, 0.5) is 0 Å². The molecule has 0 aromatic carbocycles. The van der Waals surface area contributed by atoms with Gasteiger partial charge >= 0.3 is 11.9 Å². The Morgan fingerprint density at radius 2 is 1.00 bits per heavy atom. The Balaban J connectivity index is 0.000000240. The predicted molar refractivity (Wildman–Crippen MR) is 94.2 cm³/mol. The first-order valence-corrected chi connectivity index (χ1v) is 9.38. The smallest absolute Gasteiger partial charge is 0.320 e. The molecule has 0 aliphatic heterocycles. The van der Waals surface area contributed by atoms with Crippen LogP contribution in [-0.4, -0.2) is 46.3 Å². The molecule has 2 aliphatic carbocycles. The summed E-state index contributed by atoms with van der Waals surface area (Å²) in [5.74, 6) is -1.50. The molecular weight excluding hydrogens is 308 g/mol. The van der Waals surface area contributed by atoms with Gasteiger partial charge in [-0.1, -0.05) is 38.5 Å². The normalized spacial score (nSPS) is 22.1. The average Bonchev–Trinajstić information content (AvgIpc) is 2.57. The molecule has 6 nitrogen and oxygen atoms in total. The van der Waals surface area contributed by atoms with E-state index in [9.17, 15) is 9.59 Å². The fourth-order valence-corrected chi connectivity index (χ4v) is 3.39. The molecule has 2 saturated carbocycles. The Bertz CT molecular complexity index is 341. The molecule has 2 fully saturated rings. The van der Waals surface area contributed by atoms with Crippen molar-refractivity contribution in [2.24, 2.45) is 0 Å². The summed E-state index contributed by atoms with van der Waals surface area (Å²) in [5, 5.41) is 23.5. The third kappa shape index (κ3) is 8.64. The van der Waals surface area contributed by atoms with Crippen LogP contribution in [-0.2, 0) is 9.59 Å². The van der Waals surface area contributed by atoms with E-state index in [1.165, 1.54) is 38.5 Å². The highest BCUT2D eigenvalue weighted by atomic mass is 16.4. The zero-order chi connectivity index (χ0) is 17.9. The molecule has 0 radical (unpaired) electrons. The van der Waals surface area contributed by atoms with E-state index in [2.05, 4.69) is 10.6 Å². The molecule has 4 N–H and O–H groups in total. The van der Waals surface area contributed by atoms with Crippen molar-refractivity contribution in [3.05, 3.63) is 0 Å². The van der Waals surface area contributed by atoms with Crippen molar-refractivity contribution in [1.29, 1.82) is 0 Å². The van der Waals surface area contributed by atoms with Crippen LogP contribution in [0.5, 0.6) is 0 Å². The molecule has 2 rings (SSSR count). The fourth-order valence-electron chi connectivity index (χ4n) is 3.39. The predicted octanol–water partition coefficient (Wildman–Crippen LogP) is 2.76. The molecule has 0 spiro atoms. The second-order valence-electron chi connectivity index (χ2n) is 7.12. The lowest BCUT2D eigenvalue weighted by molar-refractivity contribution is -0.140. The SMILES string of the molecule is C[C@H](NC1CCCCC1)C(=O)O.C[C@H](NC1CCCCC1)C(=O)O. The zero-order valence-corrected chi connectivity index (χ0v) is 15.1. The molecule has 0 aromatic heterocycles. The maximum absolute atomic E-state index is 10.5. The molecule has 0 aromatic rings. The second kappa shape index (κ2) is 11.4. The van der Waals surface area contributed by atoms with Gasteiger partial charge in [0, 0.05) is 12.1 Å². The summed E-state index contributed by atoms with van der Waals surface area (Å²) in [6, 6.07) is 0.0795. The number of carboxylic acid groups (broad SMARTS) is 2. The van der Waals surface area contributed by atoms with Crippen LogP contribution < -0.4 is 10.6 Å². The first kappa shape index (κ1) is 20.9. The highest BCUT2D eigenvalue weighted by molar-refractivity contribution is 5.73. The number of nitrogens with one attached hydrogen (secondary N) is 2. The topological polar surface area (TPSA) is 98.7 Å². The molecule has 140 valence electrons. The Morgan fingerprint density at radius 1 is 0.708 bits per heavy atom. The van der Waals surface area contributed by atoms with Crippen LogP contribution in [0.15, 0.2) is 0 Å². The van der Waals surface area contributed by atoms with Crippen LogP contribution in [0.2, 0.25) is 0 Å². The Hall–Kier alpha value is -1.14. The van der Waals surface area contributed by atoms with Crippen molar-refractivity contribution < 1.29 is 19.8 Å². The van der Waals surface area contributed by atoms with Gasteiger partial charge in [-0.15, -0.1) is 0 Å². The number of rotatable bonds is 6. The van der Waals surface area contributed by atoms with E-state index in [1.54, 1.807) is 13.8 Å². The standard InChI is InChI=1S/2C9H17NO2/c2*1-7(9(11)12)10-8-5-3-2-4-6-8/h2*7-8,10H,2-6H2,1H3,(H,11,12)/t2*7-/m00/s1. The van der Waals surface area contributed by atoms with Crippen molar-refractivity contribution in [1.82, 2.24) is 10.6 Å².